The smallest absolute Gasteiger partial charge is 0.278 e. The first kappa shape index (κ1) is 14.7. The minimum atomic E-state index is -0.439. The number of nitrogens with zero attached hydrogens (tertiary/aromatic N) is 2. The van der Waals surface area contributed by atoms with Crippen LogP contribution in [-0.2, 0) is 6.54 Å². The summed E-state index contributed by atoms with van der Waals surface area (Å²) in [4.78, 5) is 29.5. The van der Waals surface area contributed by atoms with Crippen molar-refractivity contribution in [3.05, 3.63) is 26.4 Å². The van der Waals surface area contributed by atoms with Gasteiger partial charge in [0.2, 0.25) is 0 Å². The third-order valence-electron chi connectivity index (χ3n) is 2.84. The second kappa shape index (κ2) is 6.54. The third-order valence-corrected chi connectivity index (χ3v) is 2.94. The van der Waals surface area contributed by atoms with Gasteiger partial charge in [0, 0.05) is 6.54 Å². The average molecular weight is 272 g/mol. The highest BCUT2D eigenvalue weighted by Crippen LogP contribution is 2.16. The minimum absolute atomic E-state index is 0.335. The first-order valence-corrected chi connectivity index (χ1v) is 6.41. The number of nitrogens with one attached hydrogen (secondary N) is 1. The van der Waals surface area contributed by atoms with Gasteiger partial charge >= 0.3 is 5.69 Å². The van der Waals surface area contributed by atoms with E-state index in [4.69, 9.17) is 11.6 Å². The quantitative estimate of drug-likeness (QED) is 0.834. The standard InChI is InChI=1S/C12H18ClN3O2/c1-4-5-8(2)6-16-10(14-7-13)9(3)11(17)15-12(16)18/h7-8H,4-6H2,1-3H3,(H,15,17,18)/b14-7+. The number of halogens is 1. The van der Waals surface area contributed by atoms with Gasteiger partial charge < -0.3 is 0 Å². The fraction of sp³-hybridized carbons (Fsp3) is 0.583. The molecule has 0 saturated heterocycles. The van der Waals surface area contributed by atoms with E-state index in [1.165, 1.54) is 4.57 Å². The Morgan fingerprint density at radius 1 is 1.50 bits per heavy atom. The first-order valence-electron chi connectivity index (χ1n) is 5.97. The Labute approximate surface area is 111 Å². The monoisotopic (exact) mass is 271 g/mol. The zero-order valence-corrected chi connectivity index (χ0v) is 11.6. The van der Waals surface area contributed by atoms with Crippen molar-refractivity contribution in [2.75, 3.05) is 0 Å². The van der Waals surface area contributed by atoms with Crippen LogP contribution in [-0.4, -0.2) is 15.2 Å². The summed E-state index contributed by atoms with van der Waals surface area (Å²) in [5.74, 6) is 0.670. The topological polar surface area (TPSA) is 67.2 Å². The summed E-state index contributed by atoms with van der Waals surface area (Å²) in [5.41, 5.74) is 0.611. The molecule has 18 heavy (non-hydrogen) atoms. The molecule has 1 rings (SSSR count). The summed E-state index contributed by atoms with van der Waals surface area (Å²) in [6.07, 6.45) is 2.06. The summed E-state index contributed by atoms with van der Waals surface area (Å²) in [6.45, 7) is 6.30. The summed E-state index contributed by atoms with van der Waals surface area (Å²) in [6, 6.07) is 0. The van der Waals surface area contributed by atoms with Crippen molar-refractivity contribution in [3.8, 4) is 0 Å². The molecule has 1 aromatic heterocycles. The second-order valence-electron chi connectivity index (χ2n) is 4.44. The maximum Gasteiger partial charge on any atom is 0.329 e. The Bertz CT molecular complexity index is 545. The van der Waals surface area contributed by atoms with Crippen LogP contribution in [0.3, 0.4) is 0 Å². The Hall–Kier alpha value is -1.36. The maximum atomic E-state index is 11.8. The second-order valence-corrected chi connectivity index (χ2v) is 4.63. The van der Waals surface area contributed by atoms with Crippen molar-refractivity contribution < 1.29 is 0 Å². The maximum absolute atomic E-state index is 11.8. The van der Waals surface area contributed by atoms with Crippen molar-refractivity contribution in [2.24, 2.45) is 10.9 Å². The van der Waals surface area contributed by atoms with Crippen molar-refractivity contribution in [1.82, 2.24) is 9.55 Å². The van der Waals surface area contributed by atoms with Crippen LogP contribution in [0.1, 0.15) is 32.3 Å². The molecule has 1 aromatic rings. The summed E-state index contributed by atoms with van der Waals surface area (Å²) in [7, 11) is 0. The molecule has 0 fully saturated rings. The summed E-state index contributed by atoms with van der Waals surface area (Å²) in [5, 5.41) is 0. The number of H-pyrrole nitrogens is 1. The van der Waals surface area contributed by atoms with Gasteiger partial charge in [0.15, 0.2) is 0 Å². The van der Waals surface area contributed by atoms with E-state index >= 15 is 0 Å². The lowest BCUT2D eigenvalue weighted by Gasteiger charge is -2.15. The van der Waals surface area contributed by atoms with Crippen molar-refractivity contribution in [2.45, 2.75) is 40.2 Å². The molecule has 0 bridgehead atoms. The van der Waals surface area contributed by atoms with Crippen LogP contribution in [0.15, 0.2) is 14.6 Å². The predicted octanol–water partition coefficient (Wildman–Crippen LogP) is 2.18. The molecule has 1 N–H and O–H groups in total. The van der Waals surface area contributed by atoms with Crippen molar-refractivity contribution in [3.63, 3.8) is 0 Å². The van der Waals surface area contributed by atoms with Crippen LogP contribution in [0.2, 0.25) is 0 Å². The number of hydrogen-bond acceptors (Lipinski definition) is 3. The number of aromatic nitrogens is 2. The van der Waals surface area contributed by atoms with Gasteiger partial charge in [-0.25, -0.2) is 9.79 Å². The lowest BCUT2D eigenvalue weighted by Crippen LogP contribution is -2.32. The minimum Gasteiger partial charge on any atom is -0.278 e. The summed E-state index contributed by atoms with van der Waals surface area (Å²) < 4.78 is 1.47. The number of hydrogen-bond donors (Lipinski definition) is 1. The molecule has 100 valence electrons. The molecule has 6 heteroatoms. The SMILES string of the molecule is CCCC(C)Cn1c(/N=C/Cl)c(C)c(=O)[nH]c1=O. The van der Waals surface area contributed by atoms with Crippen LogP contribution in [0, 0.1) is 12.8 Å². The van der Waals surface area contributed by atoms with Crippen molar-refractivity contribution in [1.29, 1.82) is 0 Å². The molecule has 0 aromatic carbocycles. The van der Waals surface area contributed by atoms with Crippen LogP contribution < -0.4 is 11.2 Å². The number of rotatable bonds is 5. The van der Waals surface area contributed by atoms with Gasteiger partial charge in [0.25, 0.3) is 5.56 Å². The fourth-order valence-electron chi connectivity index (χ4n) is 1.94. The molecule has 1 atom stereocenters. The molecular formula is C12H18ClN3O2. The normalized spacial score (nSPS) is 13.1. The molecule has 0 aliphatic carbocycles. The lowest BCUT2D eigenvalue weighted by molar-refractivity contribution is 0.435. The molecule has 5 nitrogen and oxygen atoms in total. The van der Waals surface area contributed by atoms with E-state index in [1.54, 1.807) is 6.92 Å². The van der Waals surface area contributed by atoms with Gasteiger partial charge in [0.05, 0.1) is 11.2 Å². The molecule has 1 unspecified atom stereocenters. The van der Waals surface area contributed by atoms with Gasteiger partial charge in [-0.3, -0.25) is 14.3 Å². The van der Waals surface area contributed by atoms with Gasteiger partial charge in [0.1, 0.15) is 5.82 Å². The van der Waals surface area contributed by atoms with E-state index < -0.39 is 11.2 Å². The average Bonchev–Trinajstić information content (AvgIpc) is 2.31. The molecule has 0 radical (unpaired) electrons. The first-order chi connectivity index (χ1) is 8.51. The van der Waals surface area contributed by atoms with Crippen LogP contribution in [0.5, 0.6) is 0 Å². The number of aromatic amines is 1. The molecule has 0 aliphatic heterocycles. The van der Waals surface area contributed by atoms with E-state index in [-0.39, 0.29) is 0 Å². The van der Waals surface area contributed by atoms with Crippen LogP contribution in [0.4, 0.5) is 5.82 Å². The molecule has 1 heterocycles. The fourth-order valence-corrected chi connectivity index (χ4v) is 2.03. The molecule has 0 saturated carbocycles. The van der Waals surface area contributed by atoms with E-state index in [0.29, 0.717) is 23.8 Å². The Morgan fingerprint density at radius 3 is 2.72 bits per heavy atom. The van der Waals surface area contributed by atoms with Gasteiger partial charge in [-0.1, -0.05) is 31.9 Å². The zero-order chi connectivity index (χ0) is 13.7. The lowest BCUT2D eigenvalue weighted by atomic mass is 10.1. The Morgan fingerprint density at radius 2 is 2.17 bits per heavy atom. The predicted molar refractivity (Wildman–Crippen MR) is 74.1 cm³/mol. The Kier molecular flexibility index (Phi) is 5.34. The molecule has 0 aliphatic rings. The highest BCUT2D eigenvalue weighted by atomic mass is 35.5. The van der Waals surface area contributed by atoms with Crippen molar-refractivity contribution >= 4 is 23.1 Å². The van der Waals surface area contributed by atoms with Gasteiger partial charge in [-0.15, -0.1) is 0 Å². The third kappa shape index (κ3) is 3.32. The van der Waals surface area contributed by atoms with Crippen LogP contribution >= 0.6 is 11.6 Å². The largest absolute Gasteiger partial charge is 0.329 e. The van der Waals surface area contributed by atoms with Gasteiger partial charge in [-0.2, -0.15) is 0 Å². The van der Waals surface area contributed by atoms with E-state index in [9.17, 15) is 9.59 Å². The van der Waals surface area contributed by atoms with E-state index in [2.05, 4.69) is 23.8 Å². The summed E-state index contributed by atoms with van der Waals surface area (Å²) >= 11 is 5.46. The van der Waals surface area contributed by atoms with E-state index in [0.717, 1.165) is 18.5 Å². The Balaban J connectivity index is 3.29. The highest BCUT2D eigenvalue weighted by molar-refractivity contribution is 6.56. The highest BCUT2D eigenvalue weighted by Gasteiger charge is 2.12. The van der Waals surface area contributed by atoms with Crippen LogP contribution in [0.25, 0.3) is 0 Å². The number of aliphatic imine (C=N–C) groups is 1. The molecule has 0 spiro atoms. The zero-order valence-electron chi connectivity index (χ0n) is 10.9. The molecular weight excluding hydrogens is 254 g/mol. The van der Waals surface area contributed by atoms with E-state index in [1.807, 2.05) is 0 Å². The van der Waals surface area contributed by atoms with Gasteiger partial charge in [-0.05, 0) is 19.3 Å². The molecule has 0 amide bonds.